The van der Waals surface area contributed by atoms with E-state index in [9.17, 15) is 0 Å². The van der Waals surface area contributed by atoms with E-state index >= 15 is 0 Å². The Kier molecular flexibility index (Phi) is 5.53. The number of benzene rings is 2. The lowest BCUT2D eigenvalue weighted by Gasteiger charge is -2.23. The Morgan fingerprint density at radius 1 is 1.16 bits per heavy atom. The van der Waals surface area contributed by atoms with E-state index < -0.39 is 0 Å². The van der Waals surface area contributed by atoms with Crippen LogP contribution in [0.4, 0.5) is 11.5 Å². The number of halogens is 1. The van der Waals surface area contributed by atoms with Gasteiger partial charge >= 0.3 is 0 Å². The molecule has 5 rings (SSSR count). The van der Waals surface area contributed by atoms with E-state index in [0.717, 1.165) is 42.2 Å². The summed E-state index contributed by atoms with van der Waals surface area (Å²) >= 11 is 6.44. The van der Waals surface area contributed by atoms with Crippen molar-refractivity contribution in [3.63, 3.8) is 0 Å². The number of methoxy groups -OCH3 is 1. The number of aromatic nitrogens is 2. The quantitative estimate of drug-likeness (QED) is 0.430. The first-order chi connectivity index (χ1) is 15.2. The SMILES string of the molecule is COc1cc2c(Nc3c(Cl)ccc4ccoc34)ncnc2cc1OCC1CCNCC1. The van der Waals surface area contributed by atoms with E-state index in [1.54, 1.807) is 13.4 Å². The lowest BCUT2D eigenvalue weighted by molar-refractivity contribution is 0.208. The van der Waals surface area contributed by atoms with Crippen LogP contribution in [0.5, 0.6) is 11.5 Å². The molecule has 1 fully saturated rings. The highest BCUT2D eigenvalue weighted by atomic mass is 35.5. The highest BCUT2D eigenvalue weighted by Crippen LogP contribution is 2.38. The molecule has 0 atom stereocenters. The first-order valence-electron chi connectivity index (χ1n) is 10.3. The molecule has 8 heteroatoms. The number of fused-ring (bicyclic) bond motifs is 2. The number of ether oxygens (including phenoxy) is 2. The van der Waals surface area contributed by atoms with Crippen molar-refractivity contribution in [1.29, 1.82) is 0 Å². The number of furan rings is 1. The van der Waals surface area contributed by atoms with Crippen LogP contribution in [0.2, 0.25) is 5.02 Å². The lowest BCUT2D eigenvalue weighted by atomic mass is 9.99. The van der Waals surface area contributed by atoms with Crippen LogP contribution in [-0.4, -0.2) is 36.8 Å². The van der Waals surface area contributed by atoms with Crippen molar-refractivity contribution < 1.29 is 13.9 Å². The summed E-state index contributed by atoms with van der Waals surface area (Å²) in [6.07, 6.45) is 5.39. The van der Waals surface area contributed by atoms with Crippen molar-refractivity contribution in [3.05, 3.63) is 47.9 Å². The minimum Gasteiger partial charge on any atom is -0.493 e. The van der Waals surface area contributed by atoms with Crippen molar-refractivity contribution >= 4 is 45.0 Å². The van der Waals surface area contributed by atoms with Gasteiger partial charge in [0.15, 0.2) is 17.1 Å². The Labute approximate surface area is 184 Å². The normalized spacial score (nSPS) is 14.8. The highest BCUT2D eigenvalue weighted by molar-refractivity contribution is 6.35. The standard InChI is InChI=1S/C23H23ClN4O3/c1-29-19-10-16-18(11-20(19)31-12-14-4-7-25-8-5-14)26-13-27-23(16)28-21-17(24)3-2-15-6-9-30-22(15)21/h2-3,6,9-11,13-14,25H,4-5,7-8,12H2,1H3,(H,26,27,28). The zero-order chi connectivity index (χ0) is 21.2. The van der Waals surface area contributed by atoms with E-state index in [4.69, 9.17) is 25.5 Å². The van der Waals surface area contributed by atoms with Gasteiger partial charge in [0.05, 0.1) is 30.5 Å². The molecule has 0 amide bonds. The molecule has 0 spiro atoms. The molecule has 1 aliphatic heterocycles. The lowest BCUT2D eigenvalue weighted by Crippen LogP contribution is -2.30. The molecule has 0 saturated carbocycles. The summed E-state index contributed by atoms with van der Waals surface area (Å²) in [6, 6.07) is 9.44. The van der Waals surface area contributed by atoms with Gasteiger partial charge in [-0.1, -0.05) is 11.6 Å². The molecule has 1 saturated heterocycles. The maximum atomic E-state index is 6.44. The molecule has 0 radical (unpaired) electrons. The maximum absolute atomic E-state index is 6.44. The molecule has 4 aromatic rings. The second kappa shape index (κ2) is 8.61. The summed E-state index contributed by atoms with van der Waals surface area (Å²) in [4.78, 5) is 8.87. The van der Waals surface area contributed by atoms with Crippen LogP contribution in [0.3, 0.4) is 0 Å². The summed E-state index contributed by atoms with van der Waals surface area (Å²) in [5.41, 5.74) is 2.09. The average molecular weight is 439 g/mol. The van der Waals surface area contributed by atoms with Crippen molar-refractivity contribution in [2.45, 2.75) is 12.8 Å². The monoisotopic (exact) mass is 438 g/mol. The topological polar surface area (TPSA) is 81.4 Å². The molecule has 2 N–H and O–H groups in total. The molecular formula is C23H23ClN4O3. The highest BCUT2D eigenvalue weighted by Gasteiger charge is 2.18. The average Bonchev–Trinajstić information content (AvgIpc) is 3.29. The van der Waals surface area contributed by atoms with Crippen molar-refractivity contribution in [2.24, 2.45) is 5.92 Å². The second-order valence-electron chi connectivity index (χ2n) is 7.63. The first-order valence-corrected chi connectivity index (χ1v) is 10.7. The smallest absolute Gasteiger partial charge is 0.163 e. The van der Waals surface area contributed by atoms with Crippen LogP contribution < -0.4 is 20.1 Å². The fourth-order valence-corrected chi connectivity index (χ4v) is 4.13. The Bertz CT molecular complexity index is 1220. The number of hydrogen-bond acceptors (Lipinski definition) is 7. The fraction of sp³-hybridized carbons (Fsp3) is 0.304. The van der Waals surface area contributed by atoms with Gasteiger partial charge in [0.25, 0.3) is 0 Å². The van der Waals surface area contributed by atoms with Gasteiger partial charge in [0, 0.05) is 16.8 Å². The number of nitrogens with one attached hydrogen (secondary N) is 2. The number of piperidine rings is 1. The Balaban J connectivity index is 1.48. The third kappa shape index (κ3) is 3.98. The Hall–Kier alpha value is -3.03. The number of anilines is 2. The molecule has 1 aliphatic rings. The molecule has 0 aliphatic carbocycles. The van der Waals surface area contributed by atoms with Gasteiger partial charge in [-0.05, 0) is 56.1 Å². The molecule has 2 aromatic carbocycles. The summed E-state index contributed by atoms with van der Waals surface area (Å²) in [5, 5.41) is 9.00. The van der Waals surface area contributed by atoms with Crippen LogP contribution in [0, 0.1) is 5.92 Å². The minimum absolute atomic E-state index is 0.542. The van der Waals surface area contributed by atoms with Gasteiger partial charge < -0.3 is 24.5 Å². The van der Waals surface area contributed by atoms with Crippen LogP contribution in [0.1, 0.15) is 12.8 Å². The fourth-order valence-electron chi connectivity index (χ4n) is 3.94. The van der Waals surface area contributed by atoms with Crippen LogP contribution >= 0.6 is 11.6 Å². The molecule has 160 valence electrons. The van der Waals surface area contributed by atoms with Crippen molar-refractivity contribution in [1.82, 2.24) is 15.3 Å². The van der Waals surface area contributed by atoms with Crippen LogP contribution in [0.15, 0.2) is 47.3 Å². The summed E-state index contributed by atoms with van der Waals surface area (Å²) < 4.78 is 17.4. The second-order valence-corrected chi connectivity index (χ2v) is 8.04. The molecule has 0 unspecified atom stereocenters. The zero-order valence-corrected chi connectivity index (χ0v) is 17.9. The number of nitrogens with zero attached hydrogens (tertiary/aromatic N) is 2. The summed E-state index contributed by atoms with van der Waals surface area (Å²) in [5.74, 6) is 2.48. The maximum Gasteiger partial charge on any atom is 0.163 e. The number of rotatable bonds is 6. The van der Waals surface area contributed by atoms with Gasteiger partial charge in [0.2, 0.25) is 0 Å². The van der Waals surface area contributed by atoms with Crippen LogP contribution in [0.25, 0.3) is 21.9 Å². The zero-order valence-electron chi connectivity index (χ0n) is 17.2. The molecular weight excluding hydrogens is 416 g/mol. The molecule has 2 aromatic heterocycles. The summed E-state index contributed by atoms with van der Waals surface area (Å²) in [6.45, 7) is 2.74. The van der Waals surface area contributed by atoms with Gasteiger partial charge in [0.1, 0.15) is 17.8 Å². The van der Waals surface area contributed by atoms with Gasteiger partial charge in [-0.2, -0.15) is 0 Å². The molecule has 3 heterocycles. The molecule has 0 bridgehead atoms. The summed E-state index contributed by atoms with van der Waals surface area (Å²) in [7, 11) is 1.63. The van der Waals surface area contributed by atoms with Crippen molar-refractivity contribution in [3.8, 4) is 11.5 Å². The van der Waals surface area contributed by atoms with E-state index in [2.05, 4.69) is 20.6 Å². The van der Waals surface area contributed by atoms with Crippen LogP contribution in [-0.2, 0) is 0 Å². The Morgan fingerprint density at radius 2 is 2.03 bits per heavy atom. The van der Waals surface area contributed by atoms with E-state index in [-0.39, 0.29) is 0 Å². The first kappa shape index (κ1) is 19.9. The van der Waals surface area contributed by atoms with Crippen molar-refractivity contribution in [2.75, 3.05) is 32.1 Å². The predicted molar refractivity (Wildman–Crippen MR) is 122 cm³/mol. The minimum atomic E-state index is 0.542. The number of hydrogen-bond donors (Lipinski definition) is 2. The van der Waals surface area contributed by atoms with Gasteiger partial charge in [-0.3, -0.25) is 0 Å². The molecule has 31 heavy (non-hydrogen) atoms. The predicted octanol–water partition coefficient (Wildman–Crippen LogP) is 5.16. The molecule has 7 nitrogen and oxygen atoms in total. The van der Waals surface area contributed by atoms with E-state index in [1.807, 2.05) is 30.3 Å². The Morgan fingerprint density at radius 3 is 2.87 bits per heavy atom. The van der Waals surface area contributed by atoms with Gasteiger partial charge in [-0.25, -0.2) is 9.97 Å². The third-order valence-corrected chi connectivity index (χ3v) is 5.98. The third-order valence-electron chi connectivity index (χ3n) is 5.67. The van der Waals surface area contributed by atoms with Gasteiger partial charge in [-0.15, -0.1) is 0 Å². The largest absolute Gasteiger partial charge is 0.493 e. The van der Waals surface area contributed by atoms with E-state index in [0.29, 0.717) is 46.1 Å². The van der Waals surface area contributed by atoms with E-state index in [1.165, 1.54) is 6.33 Å².